The Bertz CT molecular complexity index is 1170. The van der Waals surface area contributed by atoms with Crippen LogP contribution in [0.25, 0.3) is 11.0 Å². The lowest BCUT2D eigenvalue weighted by atomic mass is 10.1. The fraction of sp³-hybridized carbons (Fsp3) is 0.0952. The molecule has 0 fully saturated rings. The van der Waals surface area contributed by atoms with Crippen molar-refractivity contribution in [3.05, 3.63) is 92.6 Å². The zero-order chi connectivity index (χ0) is 18.8. The van der Waals surface area contributed by atoms with Crippen molar-refractivity contribution in [3.8, 4) is 0 Å². The number of hydrogen-bond donors (Lipinski definition) is 0. The Kier molecular flexibility index (Phi) is 4.56. The summed E-state index contributed by atoms with van der Waals surface area (Å²) in [6.07, 6.45) is 1.64. The van der Waals surface area contributed by atoms with Crippen molar-refractivity contribution < 1.29 is 9.21 Å². The number of para-hydroxylation sites is 1. The van der Waals surface area contributed by atoms with E-state index < -0.39 is 11.5 Å². The molecule has 0 spiro atoms. The van der Waals surface area contributed by atoms with Gasteiger partial charge in [-0.2, -0.15) is 0 Å². The molecule has 1 aromatic carbocycles. The number of anilines is 1. The van der Waals surface area contributed by atoms with Crippen LogP contribution in [0.3, 0.4) is 0 Å². The quantitative estimate of drug-likeness (QED) is 0.495. The highest BCUT2D eigenvalue weighted by Gasteiger charge is 2.24. The molecule has 0 unspecified atom stereocenters. The molecule has 4 rings (SSSR count). The second-order valence-corrected chi connectivity index (χ2v) is 7.13. The van der Waals surface area contributed by atoms with E-state index in [1.54, 1.807) is 35.7 Å². The summed E-state index contributed by atoms with van der Waals surface area (Å²) in [6, 6.07) is 16.3. The molecular weight excluding hydrogens is 360 g/mol. The van der Waals surface area contributed by atoms with Gasteiger partial charge < -0.3 is 4.42 Å². The Labute approximate surface area is 159 Å². The maximum absolute atomic E-state index is 13.3. The Morgan fingerprint density at radius 2 is 2.00 bits per heavy atom. The molecule has 0 saturated heterocycles. The number of aromatic nitrogens is 1. The van der Waals surface area contributed by atoms with Crippen LogP contribution in [-0.2, 0) is 6.54 Å². The van der Waals surface area contributed by atoms with Crippen LogP contribution >= 0.6 is 11.3 Å². The number of aryl methyl sites for hydroxylation is 1. The number of thiophene rings is 1. The van der Waals surface area contributed by atoms with Crippen molar-refractivity contribution in [1.82, 2.24) is 4.98 Å². The van der Waals surface area contributed by atoms with Crippen LogP contribution in [0.4, 0.5) is 5.82 Å². The molecule has 0 radical (unpaired) electrons. The fourth-order valence-electron chi connectivity index (χ4n) is 2.92. The molecule has 3 heterocycles. The van der Waals surface area contributed by atoms with E-state index in [0.29, 0.717) is 23.3 Å². The summed E-state index contributed by atoms with van der Waals surface area (Å²) in [6.45, 7) is 2.22. The first-order valence-electron chi connectivity index (χ1n) is 8.42. The number of carbonyl (C=O) groups is 1. The van der Waals surface area contributed by atoms with Gasteiger partial charge in [0, 0.05) is 16.5 Å². The molecule has 0 N–H and O–H groups in total. The summed E-state index contributed by atoms with van der Waals surface area (Å²) in [5.41, 5.74) is 0.657. The van der Waals surface area contributed by atoms with Gasteiger partial charge >= 0.3 is 5.63 Å². The van der Waals surface area contributed by atoms with E-state index in [9.17, 15) is 9.59 Å². The normalized spacial score (nSPS) is 10.9. The van der Waals surface area contributed by atoms with Gasteiger partial charge in [0.2, 0.25) is 0 Å². The standard InChI is InChI=1S/C21H16N2O3S/c1-14-6-4-10-22-19(14)23(13-16-8-5-11-27-16)20(24)17-12-15-7-2-3-9-18(15)26-21(17)25/h2-12H,13H2,1H3. The van der Waals surface area contributed by atoms with Crippen molar-refractivity contribution in [1.29, 1.82) is 0 Å². The predicted octanol–water partition coefficient (Wildman–Crippen LogP) is 4.40. The van der Waals surface area contributed by atoms with Crippen molar-refractivity contribution >= 4 is 34.0 Å². The lowest BCUT2D eigenvalue weighted by Gasteiger charge is -2.22. The van der Waals surface area contributed by atoms with Gasteiger partial charge in [-0.05, 0) is 42.1 Å². The molecule has 3 aromatic heterocycles. The van der Waals surface area contributed by atoms with E-state index in [0.717, 1.165) is 10.4 Å². The molecule has 5 nitrogen and oxygen atoms in total. The van der Waals surface area contributed by atoms with E-state index in [4.69, 9.17) is 4.42 Å². The molecular formula is C21H16N2O3S. The van der Waals surface area contributed by atoms with Crippen LogP contribution in [-0.4, -0.2) is 10.9 Å². The zero-order valence-corrected chi connectivity index (χ0v) is 15.4. The maximum Gasteiger partial charge on any atom is 0.349 e. The third-order valence-electron chi connectivity index (χ3n) is 4.25. The first-order valence-corrected chi connectivity index (χ1v) is 9.30. The van der Waals surface area contributed by atoms with E-state index in [-0.39, 0.29) is 5.56 Å². The fourth-order valence-corrected chi connectivity index (χ4v) is 3.61. The number of benzene rings is 1. The Balaban J connectivity index is 1.82. The molecule has 134 valence electrons. The highest BCUT2D eigenvalue weighted by Crippen LogP contribution is 2.23. The topological polar surface area (TPSA) is 63.4 Å². The van der Waals surface area contributed by atoms with Gasteiger partial charge in [-0.3, -0.25) is 9.69 Å². The van der Waals surface area contributed by atoms with E-state index in [1.807, 2.05) is 48.7 Å². The van der Waals surface area contributed by atoms with Crippen LogP contribution in [0.2, 0.25) is 0 Å². The van der Waals surface area contributed by atoms with Crippen LogP contribution in [0.15, 0.2) is 75.4 Å². The largest absolute Gasteiger partial charge is 0.422 e. The molecule has 0 aliphatic rings. The van der Waals surface area contributed by atoms with Gasteiger partial charge in [0.1, 0.15) is 17.0 Å². The van der Waals surface area contributed by atoms with E-state index >= 15 is 0 Å². The smallest absolute Gasteiger partial charge is 0.349 e. The first kappa shape index (κ1) is 17.2. The summed E-state index contributed by atoms with van der Waals surface area (Å²) in [4.78, 5) is 32.7. The molecule has 1 amide bonds. The number of rotatable bonds is 4. The zero-order valence-electron chi connectivity index (χ0n) is 14.6. The molecule has 0 atom stereocenters. The Morgan fingerprint density at radius 1 is 1.15 bits per heavy atom. The number of carbonyl (C=O) groups excluding carboxylic acids is 1. The third-order valence-corrected chi connectivity index (χ3v) is 5.11. The lowest BCUT2D eigenvalue weighted by molar-refractivity contribution is 0.0981. The predicted molar refractivity (Wildman–Crippen MR) is 106 cm³/mol. The minimum Gasteiger partial charge on any atom is -0.422 e. The first-order chi connectivity index (χ1) is 13.1. The van der Waals surface area contributed by atoms with Crippen LogP contribution in [0, 0.1) is 6.92 Å². The van der Waals surface area contributed by atoms with Gasteiger partial charge in [0.25, 0.3) is 5.91 Å². The minimum atomic E-state index is -0.650. The lowest BCUT2D eigenvalue weighted by Crippen LogP contribution is -2.34. The van der Waals surface area contributed by atoms with E-state index in [1.165, 1.54) is 4.90 Å². The molecule has 4 aromatic rings. The molecule has 27 heavy (non-hydrogen) atoms. The van der Waals surface area contributed by atoms with Crippen molar-refractivity contribution in [2.75, 3.05) is 4.90 Å². The average Bonchev–Trinajstić information content (AvgIpc) is 3.19. The van der Waals surface area contributed by atoms with Crippen molar-refractivity contribution in [2.45, 2.75) is 13.5 Å². The SMILES string of the molecule is Cc1cccnc1N(Cc1cccs1)C(=O)c1cc2ccccc2oc1=O. The molecule has 0 aliphatic carbocycles. The number of nitrogens with zero attached hydrogens (tertiary/aromatic N) is 2. The van der Waals surface area contributed by atoms with Gasteiger partial charge in [0.05, 0.1) is 6.54 Å². The van der Waals surface area contributed by atoms with Gasteiger partial charge in [-0.15, -0.1) is 11.3 Å². The number of pyridine rings is 1. The van der Waals surface area contributed by atoms with Crippen LogP contribution in [0.1, 0.15) is 20.8 Å². The highest BCUT2D eigenvalue weighted by molar-refractivity contribution is 7.09. The number of amides is 1. The molecule has 0 aliphatic heterocycles. The van der Waals surface area contributed by atoms with Crippen LogP contribution in [0.5, 0.6) is 0 Å². The second-order valence-electron chi connectivity index (χ2n) is 6.10. The van der Waals surface area contributed by atoms with Crippen molar-refractivity contribution in [2.24, 2.45) is 0 Å². The average molecular weight is 376 g/mol. The molecule has 0 saturated carbocycles. The Hall–Kier alpha value is -3.25. The number of hydrogen-bond acceptors (Lipinski definition) is 5. The molecule has 6 heteroatoms. The molecule has 0 bridgehead atoms. The summed E-state index contributed by atoms with van der Waals surface area (Å²) in [5, 5.41) is 2.66. The summed E-state index contributed by atoms with van der Waals surface area (Å²) in [7, 11) is 0. The van der Waals surface area contributed by atoms with E-state index in [2.05, 4.69) is 4.98 Å². The summed E-state index contributed by atoms with van der Waals surface area (Å²) < 4.78 is 5.34. The van der Waals surface area contributed by atoms with Crippen molar-refractivity contribution in [3.63, 3.8) is 0 Å². The maximum atomic E-state index is 13.3. The van der Waals surface area contributed by atoms with Gasteiger partial charge in [-0.1, -0.05) is 30.3 Å². The number of fused-ring (bicyclic) bond motifs is 1. The summed E-state index contributed by atoms with van der Waals surface area (Å²) >= 11 is 1.55. The minimum absolute atomic E-state index is 0.00434. The second kappa shape index (κ2) is 7.17. The summed E-state index contributed by atoms with van der Waals surface area (Å²) in [5.74, 6) is 0.105. The Morgan fingerprint density at radius 3 is 2.78 bits per heavy atom. The van der Waals surface area contributed by atoms with Crippen LogP contribution < -0.4 is 10.5 Å². The van der Waals surface area contributed by atoms with Gasteiger partial charge in [0.15, 0.2) is 0 Å². The monoisotopic (exact) mass is 376 g/mol. The third kappa shape index (κ3) is 3.39. The highest BCUT2D eigenvalue weighted by atomic mass is 32.1. The van der Waals surface area contributed by atoms with Gasteiger partial charge in [-0.25, -0.2) is 9.78 Å².